The Morgan fingerprint density at radius 2 is 2.07 bits per heavy atom. The summed E-state index contributed by atoms with van der Waals surface area (Å²) in [7, 11) is 0. The molecule has 1 unspecified atom stereocenters. The number of nitrogens with two attached hydrogens (primary N) is 1. The monoisotopic (exact) mass is 226 g/mol. The van der Waals surface area contributed by atoms with Crippen LogP contribution in [-0.2, 0) is 6.42 Å². The Hall–Kier alpha value is -0.600. The lowest BCUT2D eigenvalue weighted by Gasteiger charge is -2.21. The van der Waals surface area contributed by atoms with Crippen molar-refractivity contribution in [1.82, 2.24) is 4.98 Å². The van der Waals surface area contributed by atoms with Crippen molar-refractivity contribution < 1.29 is 0 Å². The van der Waals surface area contributed by atoms with Crippen molar-refractivity contribution in [2.45, 2.75) is 39.2 Å². The first-order valence-corrected chi connectivity index (χ1v) is 5.90. The van der Waals surface area contributed by atoms with Crippen LogP contribution in [0.1, 0.15) is 32.3 Å². The molecule has 0 aliphatic rings. The highest BCUT2D eigenvalue weighted by Gasteiger charge is 2.15. The number of pyridine rings is 1. The zero-order valence-electron chi connectivity index (χ0n) is 9.41. The van der Waals surface area contributed by atoms with Gasteiger partial charge >= 0.3 is 0 Å². The van der Waals surface area contributed by atoms with E-state index in [1.807, 2.05) is 6.07 Å². The Kier molecular flexibility index (Phi) is 5.06. The lowest BCUT2D eigenvalue weighted by atomic mass is 9.90. The Labute approximate surface area is 96.8 Å². The SMILES string of the molecule is CCC(CC)C(N)Cc1ccncc1Cl. The molecule has 0 amide bonds. The van der Waals surface area contributed by atoms with Crippen LogP contribution in [0.2, 0.25) is 5.02 Å². The topological polar surface area (TPSA) is 38.9 Å². The van der Waals surface area contributed by atoms with E-state index in [1.165, 1.54) is 0 Å². The third-order valence-corrected chi connectivity index (χ3v) is 3.31. The van der Waals surface area contributed by atoms with E-state index in [9.17, 15) is 0 Å². The van der Waals surface area contributed by atoms with Crippen molar-refractivity contribution in [3.8, 4) is 0 Å². The van der Waals surface area contributed by atoms with Gasteiger partial charge in [-0.15, -0.1) is 0 Å². The van der Waals surface area contributed by atoms with Crippen LogP contribution in [0.4, 0.5) is 0 Å². The molecule has 3 heteroatoms. The van der Waals surface area contributed by atoms with E-state index in [1.54, 1.807) is 12.4 Å². The molecule has 2 nitrogen and oxygen atoms in total. The van der Waals surface area contributed by atoms with Crippen LogP contribution in [0.3, 0.4) is 0 Å². The predicted octanol–water partition coefficient (Wildman–Crippen LogP) is 3.04. The van der Waals surface area contributed by atoms with Crippen LogP contribution in [0.5, 0.6) is 0 Å². The first-order valence-electron chi connectivity index (χ1n) is 5.53. The van der Waals surface area contributed by atoms with Gasteiger partial charge in [0.05, 0.1) is 5.02 Å². The fraction of sp³-hybridized carbons (Fsp3) is 0.583. The van der Waals surface area contributed by atoms with Gasteiger partial charge in [-0.1, -0.05) is 38.3 Å². The summed E-state index contributed by atoms with van der Waals surface area (Å²) in [4.78, 5) is 3.96. The smallest absolute Gasteiger partial charge is 0.0621 e. The number of halogens is 1. The van der Waals surface area contributed by atoms with E-state index in [0.717, 1.165) is 29.8 Å². The van der Waals surface area contributed by atoms with Crippen LogP contribution in [0, 0.1) is 5.92 Å². The first-order chi connectivity index (χ1) is 7.19. The Balaban J connectivity index is 2.65. The Morgan fingerprint density at radius 3 is 2.60 bits per heavy atom. The molecule has 0 saturated carbocycles. The van der Waals surface area contributed by atoms with E-state index >= 15 is 0 Å². The maximum atomic E-state index is 6.16. The van der Waals surface area contributed by atoms with Gasteiger partial charge in [0.2, 0.25) is 0 Å². The van der Waals surface area contributed by atoms with Crippen LogP contribution in [0.15, 0.2) is 18.5 Å². The molecule has 0 spiro atoms. The summed E-state index contributed by atoms with van der Waals surface area (Å²) in [6, 6.07) is 2.14. The van der Waals surface area contributed by atoms with Crippen molar-refractivity contribution in [2.24, 2.45) is 11.7 Å². The molecule has 1 heterocycles. The van der Waals surface area contributed by atoms with Gasteiger partial charge in [0.25, 0.3) is 0 Å². The molecule has 0 saturated heterocycles. The third kappa shape index (κ3) is 3.47. The fourth-order valence-electron chi connectivity index (χ4n) is 1.88. The molecule has 1 aromatic heterocycles. The van der Waals surface area contributed by atoms with Crippen molar-refractivity contribution in [3.05, 3.63) is 29.0 Å². The molecular formula is C12H19ClN2. The highest BCUT2D eigenvalue weighted by molar-refractivity contribution is 6.31. The summed E-state index contributed by atoms with van der Waals surface area (Å²) in [5.41, 5.74) is 7.26. The molecule has 0 aliphatic carbocycles. The molecule has 15 heavy (non-hydrogen) atoms. The number of nitrogens with zero attached hydrogens (tertiary/aromatic N) is 1. The molecule has 0 aromatic carbocycles. The van der Waals surface area contributed by atoms with Gasteiger partial charge < -0.3 is 5.73 Å². The number of aromatic nitrogens is 1. The minimum atomic E-state index is 0.194. The quantitative estimate of drug-likeness (QED) is 0.838. The normalized spacial score (nSPS) is 13.1. The van der Waals surface area contributed by atoms with Crippen LogP contribution in [0.25, 0.3) is 0 Å². The van der Waals surface area contributed by atoms with Crippen LogP contribution < -0.4 is 5.73 Å². The number of rotatable bonds is 5. The van der Waals surface area contributed by atoms with E-state index in [0.29, 0.717) is 5.92 Å². The second-order valence-electron chi connectivity index (χ2n) is 3.91. The first kappa shape index (κ1) is 12.5. The third-order valence-electron chi connectivity index (χ3n) is 2.97. The maximum absolute atomic E-state index is 6.16. The standard InChI is InChI=1S/C12H19ClN2/c1-3-9(4-2)12(14)7-10-5-6-15-8-11(10)13/h5-6,8-9,12H,3-4,7,14H2,1-2H3. The lowest BCUT2D eigenvalue weighted by Crippen LogP contribution is -2.31. The molecule has 0 bridgehead atoms. The largest absolute Gasteiger partial charge is 0.327 e. The molecule has 2 N–H and O–H groups in total. The molecule has 0 fully saturated rings. The van der Waals surface area contributed by atoms with Crippen LogP contribution >= 0.6 is 11.6 Å². The summed E-state index contributed by atoms with van der Waals surface area (Å²) in [5, 5.41) is 0.721. The van der Waals surface area contributed by atoms with Gasteiger partial charge in [-0.3, -0.25) is 4.98 Å². The predicted molar refractivity (Wildman–Crippen MR) is 65.0 cm³/mol. The van der Waals surface area contributed by atoms with E-state index in [2.05, 4.69) is 18.8 Å². The summed E-state index contributed by atoms with van der Waals surface area (Å²) < 4.78 is 0. The van der Waals surface area contributed by atoms with Gasteiger partial charge in [-0.25, -0.2) is 0 Å². The number of hydrogen-bond donors (Lipinski definition) is 1. The minimum Gasteiger partial charge on any atom is -0.327 e. The van der Waals surface area contributed by atoms with Gasteiger partial charge in [-0.2, -0.15) is 0 Å². The van der Waals surface area contributed by atoms with Crippen molar-refractivity contribution in [3.63, 3.8) is 0 Å². The van der Waals surface area contributed by atoms with Gasteiger partial charge in [0.1, 0.15) is 0 Å². The van der Waals surface area contributed by atoms with Crippen molar-refractivity contribution in [2.75, 3.05) is 0 Å². The molecular weight excluding hydrogens is 208 g/mol. The van der Waals surface area contributed by atoms with Crippen molar-refractivity contribution >= 4 is 11.6 Å². The highest BCUT2D eigenvalue weighted by Crippen LogP contribution is 2.20. The molecule has 1 rings (SSSR count). The minimum absolute atomic E-state index is 0.194. The molecule has 84 valence electrons. The van der Waals surface area contributed by atoms with Crippen LogP contribution in [-0.4, -0.2) is 11.0 Å². The molecule has 1 aromatic rings. The van der Waals surface area contributed by atoms with E-state index < -0.39 is 0 Å². The number of hydrogen-bond acceptors (Lipinski definition) is 2. The fourth-order valence-corrected chi connectivity index (χ4v) is 2.08. The maximum Gasteiger partial charge on any atom is 0.0621 e. The highest BCUT2D eigenvalue weighted by atomic mass is 35.5. The van der Waals surface area contributed by atoms with E-state index in [4.69, 9.17) is 17.3 Å². The van der Waals surface area contributed by atoms with Crippen molar-refractivity contribution in [1.29, 1.82) is 0 Å². The molecule has 0 aliphatic heterocycles. The zero-order valence-corrected chi connectivity index (χ0v) is 10.2. The van der Waals surface area contributed by atoms with Gasteiger partial charge in [0, 0.05) is 18.4 Å². The molecule has 1 atom stereocenters. The van der Waals surface area contributed by atoms with E-state index in [-0.39, 0.29) is 6.04 Å². The summed E-state index contributed by atoms with van der Waals surface area (Å²) in [5.74, 6) is 0.578. The summed E-state index contributed by atoms with van der Waals surface area (Å²) in [6.45, 7) is 4.37. The average molecular weight is 227 g/mol. The Bertz CT molecular complexity index is 297. The van der Waals surface area contributed by atoms with Gasteiger partial charge in [-0.05, 0) is 24.0 Å². The lowest BCUT2D eigenvalue weighted by molar-refractivity contribution is 0.393. The zero-order chi connectivity index (χ0) is 11.3. The summed E-state index contributed by atoms with van der Waals surface area (Å²) >= 11 is 6.04. The average Bonchev–Trinajstić information content (AvgIpc) is 2.23. The second kappa shape index (κ2) is 6.09. The summed E-state index contributed by atoms with van der Waals surface area (Å²) in [6.07, 6.45) is 6.53. The second-order valence-corrected chi connectivity index (χ2v) is 4.32. The molecule has 0 radical (unpaired) electrons. The van der Waals surface area contributed by atoms with Gasteiger partial charge in [0.15, 0.2) is 0 Å². The Morgan fingerprint density at radius 1 is 1.40 bits per heavy atom.